The average molecular weight is 382 g/mol. The summed E-state index contributed by atoms with van der Waals surface area (Å²) in [6.07, 6.45) is 0. The normalized spacial score (nSPS) is 10.2. The van der Waals surface area contributed by atoms with Crippen LogP contribution in [-0.2, 0) is 19.0 Å². The lowest BCUT2D eigenvalue weighted by atomic mass is 10.0. The van der Waals surface area contributed by atoms with Gasteiger partial charge in [0.15, 0.2) is 0 Å². The maximum Gasteiger partial charge on any atom is 0.338 e. The lowest BCUT2D eigenvalue weighted by molar-refractivity contribution is -0.142. The van der Waals surface area contributed by atoms with Gasteiger partial charge in [0, 0.05) is 6.92 Å². The van der Waals surface area contributed by atoms with Crippen LogP contribution < -0.4 is 0 Å². The van der Waals surface area contributed by atoms with Crippen LogP contribution in [0.4, 0.5) is 0 Å². The molecule has 3 aromatic carbocycles. The smallest absolute Gasteiger partial charge is 0.338 e. The molecule has 0 aliphatic heterocycles. The van der Waals surface area contributed by atoms with E-state index in [-0.39, 0.29) is 38.4 Å². The Balaban J connectivity index is 0.00000136. The van der Waals surface area contributed by atoms with Crippen LogP contribution >= 0.6 is 0 Å². The number of carbonyl (C=O) groups excluding carboxylic acids is 2. The fraction of sp³-hybridized carbons (Fsp3) is 0.304. The van der Waals surface area contributed by atoms with Crippen LogP contribution in [0.25, 0.3) is 21.5 Å². The predicted octanol–water partition coefficient (Wildman–Crippen LogP) is 4.76. The van der Waals surface area contributed by atoms with Crippen LogP contribution in [0.1, 0.15) is 31.1 Å². The van der Waals surface area contributed by atoms with E-state index in [0.29, 0.717) is 5.56 Å². The van der Waals surface area contributed by atoms with Crippen LogP contribution in [0, 0.1) is 0 Å². The van der Waals surface area contributed by atoms with E-state index < -0.39 is 0 Å². The zero-order chi connectivity index (χ0) is 20.4. The third-order valence-corrected chi connectivity index (χ3v) is 3.93. The minimum atomic E-state index is -0.386. The van der Waals surface area contributed by atoms with E-state index in [1.165, 1.54) is 12.3 Å². The minimum Gasteiger partial charge on any atom is -0.463 e. The highest BCUT2D eigenvalue weighted by molar-refractivity contribution is 6.01. The molecule has 0 aromatic heterocycles. The number of carbonyl (C=O) groups is 2. The lowest BCUT2D eigenvalue weighted by Gasteiger charge is -2.08. The molecule has 0 atom stereocenters. The maximum absolute atomic E-state index is 12.2. The van der Waals surface area contributed by atoms with Gasteiger partial charge in [-0.25, -0.2) is 4.79 Å². The standard InChI is InChI=1S/C21H20O5.C2H6/c1-15(22)25-10-8-24-9-11-26-21(23)19-7-6-18-12-16-4-2-3-5-17(16)13-20(18)14-19;1-2/h2-7,12-14H,8-11H2,1H3;1-2H3. The first-order valence-corrected chi connectivity index (χ1v) is 9.44. The topological polar surface area (TPSA) is 61.8 Å². The van der Waals surface area contributed by atoms with E-state index in [0.717, 1.165) is 16.2 Å². The second-order valence-electron chi connectivity index (χ2n) is 5.85. The molecule has 0 unspecified atom stereocenters. The van der Waals surface area contributed by atoms with Crippen molar-refractivity contribution >= 4 is 33.5 Å². The molecule has 0 amide bonds. The minimum absolute atomic E-state index is 0.147. The second kappa shape index (κ2) is 11.0. The van der Waals surface area contributed by atoms with Crippen molar-refractivity contribution in [2.24, 2.45) is 0 Å². The van der Waals surface area contributed by atoms with Gasteiger partial charge < -0.3 is 14.2 Å². The number of hydrogen-bond donors (Lipinski definition) is 0. The van der Waals surface area contributed by atoms with Crippen LogP contribution in [0.2, 0.25) is 0 Å². The summed E-state index contributed by atoms with van der Waals surface area (Å²) in [6, 6.07) is 17.8. The predicted molar refractivity (Wildman–Crippen MR) is 111 cm³/mol. The summed E-state index contributed by atoms with van der Waals surface area (Å²) in [4.78, 5) is 22.8. The van der Waals surface area contributed by atoms with Gasteiger partial charge in [-0.2, -0.15) is 0 Å². The summed E-state index contributed by atoms with van der Waals surface area (Å²) in [5.74, 6) is -0.729. The molecule has 0 aliphatic carbocycles. The third kappa shape index (κ3) is 6.06. The Morgan fingerprint density at radius 1 is 0.714 bits per heavy atom. The van der Waals surface area contributed by atoms with Crippen molar-refractivity contribution in [1.82, 2.24) is 0 Å². The van der Waals surface area contributed by atoms with Gasteiger partial charge in [0.05, 0.1) is 18.8 Å². The van der Waals surface area contributed by atoms with Gasteiger partial charge in [0.1, 0.15) is 13.2 Å². The largest absolute Gasteiger partial charge is 0.463 e. The highest BCUT2D eigenvalue weighted by atomic mass is 16.6. The number of fused-ring (bicyclic) bond motifs is 2. The SMILES string of the molecule is CC.CC(=O)OCCOCCOC(=O)c1ccc2cc3ccccc3cc2c1. The van der Waals surface area contributed by atoms with Crippen molar-refractivity contribution in [3.05, 3.63) is 60.2 Å². The van der Waals surface area contributed by atoms with Gasteiger partial charge in [0.2, 0.25) is 0 Å². The van der Waals surface area contributed by atoms with E-state index in [2.05, 4.69) is 18.2 Å². The Labute approximate surface area is 165 Å². The first-order chi connectivity index (χ1) is 13.6. The molecule has 5 heteroatoms. The molecule has 0 fully saturated rings. The van der Waals surface area contributed by atoms with Crippen LogP contribution in [0.3, 0.4) is 0 Å². The van der Waals surface area contributed by atoms with Gasteiger partial charge in [0.25, 0.3) is 0 Å². The monoisotopic (exact) mass is 382 g/mol. The van der Waals surface area contributed by atoms with Crippen LogP contribution in [-0.4, -0.2) is 38.4 Å². The van der Waals surface area contributed by atoms with E-state index in [4.69, 9.17) is 14.2 Å². The number of hydrogen-bond acceptors (Lipinski definition) is 5. The number of esters is 2. The molecule has 3 aromatic rings. The third-order valence-electron chi connectivity index (χ3n) is 3.93. The van der Waals surface area contributed by atoms with Crippen molar-refractivity contribution in [3.63, 3.8) is 0 Å². The van der Waals surface area contributed by atoms with E-state index >= 15 is 0 Å². The van der Waals surface area contributed by atoms with Gasteiger partial charge in [-0.3, -0.25) is 4.79 Å². The second-order valence-corrected chi connectivity index (χ2v) is 5.85. The Morgan fingerprint density at radius 3 is 1.93 bits per heavy atom. The molecule has 5 nitrogen and oxygen atoms in total. The number of rotatable bonds is 7. The molecule has 0 bridgehead atoms. The zero-order valence-electron chi connectivity index (χ0n) is 16.6. The Morgan fingerprint density at radius 2 is 1.29 bits per heavy atom. The van der Waals surface area contributed by atoms with E-state index in [1.807, 2.05) is 44.2 Å². The van der Waals surface area contributed by atoms with Gasteiger partial charge in [-0.15, -0.1) is 0 Å². The Hall–Kier alpha value is -2.92. The molecule has 0 saturated heterocycles. The highest BCUT2D eigenvalue weighted by Crippen LogP contribution is 2.24. The first kappa shape index (κ1) is 21.4. The lowest BCUT2D eigenvalue weighted by Crippen LogP contribution is -2.13. The molecular weight excluding hydrogens is 356 g/mol. The van der Waals surface area contributed by atoms with Crippen molar-refractivity contribution in [3.8, 4) is 0 Å². The summed E-state index contributed by atoms with van der Waals surface area (Å²) < 4.78 is 15.2. The van der Waals surface area contributed by atoms with Crippen LogP contribution in [0.15, 0.2) is 54.6 Å². The summed E-state index contributed by atoms with van der Waals surface area (Å²) in [6.45, 7) is 6.22. The maximum atomic E-state index is 12.2. The molecule has 0 radical (unpaired) electrons. The molecule has 0 heterocycles. The molecule has 3 rings (SSSR count). The summed E-state index contributed by atoms with van der Waals surface area (Å²) >= 11 is 0. The Bertz CT molecular complexity index is 933. The van der Waals surface area contributed by atoms with E-state index in [9.17, 15) is 9.59 Å². The molecule has 0 spiro atoms. The average Bonchev–Trinajstić information content (AvgIpc) is 2.72. The van der Waals surface area contributed by atoms with Crippen molar-refractivity contribution in [2.45, 2.75) is 20.8 Å². The molecular formula is C23H26O5. The van der Waals surface area contributed by atoms with Gasteiger partial charge in [-0.05, 0) is 45.8 Å². The molecule has 148 valence electrons. The van der Waals surface area contributed by atoms with Gasteiger partial charge in [-0.1, -0.05) is 44.2 Å². The zero-order valence-corrected chi connectivity index (χ0v) is 16.6. The summed E-state index contributed by atoms with van der Waals surface area (Å²) in [7, 11) is 0. The Kier molecular flexibility index (Phi) is 8.43. The van der Waals surface area contributed by atoms with Gasteiger partial charge >= 0.3 is 11.9 Å². The van der Waals surface area contributed by atoms with Crippen molar-refractivity contribution < 1.29 is 23.8 Å². The number of benzene rings is 3. The molecule has 0 saturated carbocycles. The van der Waals surface area contributed by atoms with Crippen molar-refractivity contribution in [2.75, 3.05) is 26.4 Å². The quantitative estimate of drug-likeness (QED) is 0.335. The summed E-state index contributed by atoms with van der Waals surface area (Å²) in [5, 5.41) is 4.37. The fourth-order valence-corrected chi connectivity index (χ4v) is 2.69. The van der Waals surface area contributed by atoms with E-state index in [1.54, 1.807) is 6.07 Å². The molecule has 28 heavy (non-hydrogen) atoms. The number of ether oxygens (including phenoxy) is 3. The van der Waals surface area contributed by atoms with Crippen LogP contribution in [0.5, 0.6) is 0 Å². The first-order valence-electron chi connectivity index (χ1n) is 9.44. The highest BCUT2D eigenvalue weighted by Gasteiger charge is 2.08. The van der Waals surface area contributed by atoms with Crippen molar-refractivity contribution in [1.29, 1.82) is 0 Å². The summed E-state index contributed by atoms with van der Waals surface area (Å²) in [5.41, 5.74) is 0.507. The molecule has 0 N–H and O–H groups in total. The molecule has 0 aliphatic rings. The fourth-order valence-electron chi connectivity index (χ4n) is 2.69.